The van der Waals surface area contributed by atoms with Gasteiger partial charge in [0, 0.05) is 6.54 Å². The second-order valence-electron chi connectivity index (χ2n) is 5.16. The summed E-state index contributed by atoms with van der Waals surface area (Å²) in [6.45, 7) is 6.31. The fraction of sp³-hybridized carbons (Fsp3) is 0.500. The van der Waals surface area contributed by atoms with Gasteiger partial charge >= 0.3 is 0 Å². The number of ether oxygens (including phenoxy) is 2. The molecule has 2 N–H and O–H groups in total. The van der Waals surface area contributed by atoms with Crippen molar-refractivity contribution in [3.05, 3.63) is 23.3 Å². The molecule has 5 nitrogen and oxygen atoms in total. The van der Waals surface area contributed by atoms with Gasteiger partial charge in [0.2, 0.25) is 0 Å². The topological polar surface area (TPSA) is 67.8 Å². The van der Waals surface area contributed by atoms with Gasteiger partial charge in [-0.2, -0.15) is 0 Å². The Hall–Kier alpha value is -1.75. The summed E-state index contributed by atoms with van der Waals surface area (Å²) in [7, 11) is 0. The predicted molar refractivity (Wildman–Crippen MR) is 70.3 cm³/mol. The van der Waals surface area contributed by atoms with E-state index < -0.39 is 11.5 Å². The molecule has 1 aliphatic rings. The number of aliphatic hydroxyl groups is 1. The summed E-state index contributed by atoms with van der Waals surface area (Å²) in [6.07, 6.45) is 0. The molecule has 1 aromatic rings. The van der Waals surface area contributed by atoms with Crippen LogP contribution in [0.5, 0.6) is 11.5 Å². The van der Waals surface area contributed by atoms with Gasteiger partial charge in [0.1, 0.15) is 18.8 Å². The zero-order chi connectivity index (χ0) is 14.0. The van der Waals surface area contributed by atoms with E-state index in [1.165, 1.54) is 13.8 Å². The van der Waals surface area contributed by atoms with Crippen molar-refractivity contribution < 1.29 is 19.4 Å². The Bertz CT molecular complexity index is 491. The number of benzene rings is 1. The van der Waals surface area contributed by atoms with Crippen molar-refractivity contribution >= 4 is 5.91 Å². The van der Waals surface area contributed by atoms with Gasteiger partial charge in [0.25, 0.3) is 5.91 Å². The smallest absolute Gasteiger partial charge is 0.251 e. The SMILES string of the molecule is Cc1cc2c(cc1CNC(=O)C(C)(C)O)OCCO2. The van der Waals surface area contributed by atoms with E-state index in [-0.39, 0.29) is 0 Å². The van der Waals surface area contributed by atoms with Crippen LogP contribution in [0.1, 0.15) is 25.0 Å². The van der Waals surface area contributed by atoms with Crippen LogP contribution in [0.4, 0.5) is 0 Å². The number of amides is 1. The molecular weight excluding hydrogens is 246 g/mol. The summed E-state index contributed by atoms with van der Waals surface area (Å²) >= 11 is 0. The first kappa shape index (κ1) is 13.7. The molecule has 2 rings (SSSR count). The number of rotatable bonds is 3. The van der Waals surface area contributed by atoms with Crippen molar-refractivity contribution in [2.45, 2.75) is 32.9 Å². The van der Waals surface area contributed by atoms with E-state index in [0.717, 1.165) is 16.9 Å². The average Bonchev–Trinajstić information content (AvgIpc) is 2.34. The molecule has 0 atom stereocenters. The quantitative estimate of drug-likeness (QED) is 0.860. The number of hydrogen-bond donors (Lipinski definition) is 2. The first-order chi connectivity index (χ1) is 8.88. The lowest BCUT2D eigenvalue weighted by Crippen LogP contribution is -2.41. The highest BCUT2D eigenvalue weighted by Gasteiger charge is 2.23. The Balaban J connectivity index is 2.11. The molecule has 104 valence electrons. The average molecular weight is 265 g/mol. The minimum Gasteiger partial charge on any atom is -0.486 e. The standard InChI is InChI=1S/C14H19NO4/c1-9-6-11-12(19-5-4-18-11)7-10(9)8-15-13(16)14(2,3)17/h6-7,17H,4-5,8H2,1-3H3,(H,15,16). The zero-order valence-electron chi connectivity index (χ0n) is 11.4. The summed E-state index contributed by atoms with van der Waals surface area (Å²) in [5.74, 6) is 1.03. The van der Waals surface area contributed by atoms with Crippen LogP contribution < -0.4 is 14.8 Å². The van der Waals surface area contributed by atoms with E-state index in [9.17, 15) is 9.90 Å². The number of hydrogen-bond acceptors (Lipinski definition) is 4. The summed E-state index contributed by atoms with van der Waals surface area (Å²) in [5.41, 5.74) is 0.587. The number of fused-ring (bicyclic) bond motifs is 1. The van der Waals surface area contributed by atoms with Crippen LogP contribution in [0, 0.1) is 6.92 Å². The lowest BCUT2D eigenvalue weighted by molar-refractivity contribution is -0.136. The lowest BCUT2D eigenvalue weighted by Gasteiger charge is -2.21. The summed E-state index contributed by atoms with van der Waals surface area (Å²) < 4.78 is 11.0. The molecule has 0 spiro atoms. The van der Waals surface area contributed by atoms with E-state index >= 15 is 0 Å². The van der Waals surface area contributed by atoms with Crippen LogP contribution in [-0.4, -0.2) is 29.8 Å². The van der Waals surface area contributed by atoms with Crippen molar-refractivity contribution in [3.8, 4) is 11.5 Å². The maximum atomic E-state index is 11.6. The van der Waals surface area contributed by atoms with Crippen molar-refractivity contribution in [1.82, 2.24) is 5.32 Å². The molecule has 19 heavy (non-hydrogen) atoms. The molecule has 0 saturated heterocycles. The summed E-state index contributed by atoms with van der Waals surface area (Å²) in [5, 5.41) is 12.3. The van der Waals surface area contributed by atoms with Crippen LogP contribution >= 0.6 is 0 Å². The fourth-order valence-electron chi connectivity index (χ4n) is 1.81. The third-order valence-electron chi connectivity index (χ3n) is 3.00. The Labute approximate surface area is 112 Å². The Morgan fingerprint density at radius 1 is 1.32 bits per heavy atom. The van der Waals surface area contributed by atoms with Crippen LogP contribution in [0.15, 0.2) is 12.1 Å². The number of aryl methyl sites for hydroxylation is 1. The van der Waals surface area contributed by atoms with Gasteiger partial charge < -0.3 is 19.9 Å². The highest BCUT2D eigenvalue weighted by Crippen LogP contribution is 2.32. The molecule has 0 fully saturated rings. The number of carbonyl (C=O) groups excluding carboxylic acids is 1. The number of nitrogens with one attached hydrogen (secondary N) is 1. The Kier molecular flexibility index (Phi) is 3.66. The molecular formula is C14H19NO4. The van der Waals surface area contributed by atoms with E-state index in [1.807, 2.05) is 19.1 Å². The molecule has 1 aliphatic heterocycles. The van der Waals surface area contributed by atoms with Gasteiger partial charge in [0.05, 0.1) is 0 Å². The zero-order valence-corrected chi connectivity index (χ0v) is 11.4. The van der Waals surface area contributed by atoms with Crippen LogP contribution in [0.2, 0.25) is 0 Å². The molecule has 0 aliphatic carbocycles. The van der Waals surface area contributed by atoms with Crippen molar-refractivity contribution in [3.63, 3.8) is 0 Å². The second-order valence-corrected chi connectivity index (χ2v) is 5.16. The molecule has 0 bridgehead atoms. The molecule has 0 saturated carbocycles. The first-order valence-electron chi connectivity index (χ1n) is 6.28. The monoisotopic (exact) mass is 265 g/mol. The van der Waals surface area contributed by atoms with Crippen molar-refractivity contribution in [2.75, 3.05) is 13.2 Å². The van der Waals surface area contributed by atoms with Gasteiger partial charge in [-0.15, -0.1) is 0 Å². The third-order valence-corrected chi connectivity index (χ3v) is 3.00. The van der Waals surface area contributed by atoms with Gasteiger partial charge in [-0.1, -0.05) is 0 Å². The van der Waals surface area contributed by atoms with E-state index in [4.69, 9.17) is 9.47 Å². The number of carbonyl (C=O) groups is 1. The Morgan fingerprint density at radius 2 is 1.89 bits per heavy atom. The molecule has 5 heteroatoms. The second kappa shape index (κ2) is 5.09. The highest BCUT2D eigenvalue weighted by atomic mass is 16.6. The predicted octanol–water partition coefficient (Wildman–Crippen LogP) is 1.15. The minimum atomic E-state index is -1.37. The lowest BCUT2D eigenvalue weighted by atomic mass is 10.1. The molecule has 1 heterocycles. The third kappa shape index (κ3) is 3.17. The van der Waals surface area contributed by atoms with Crippen molar-refractivity contribution in [2.24, 2.45) is 0 Å². The van der Waals surface area contributed by atoms with E-state index in [1.54, 1.807) is 0 Å². The van der Waals surface area contributed by atoms with Crippen LogP contribution in [0.3, 0.4) is 0 Å². The Morgan fingerprint density at radius 3 is 2.47 bits per heavy atom. The summed E-state index contributed by atoms with van der Waals surface area (Å²) in [4.78, 5) is 11.6. The minimum absolute atomic E-state index is 0.352. The molecule has 1 aromatic carbocycles. The van der Waals surface area contributed by atoms with Crippen LogP contribution in [0.25, 0.3) is 0 Å². The van der Waals surface area contributed by atoms with Gasteiger partial charge in [-0.05, 0) is 44.0 Å². The maximum absolute atomic E-state index is 11.6. The van der Waals surface area contributed by atoms with Gasteiger partial charge in [-0.25, -0.2) is 0 Å². The van der Waals surface area contributed by atoms with Crippen molar-refractivity contribution in [1.29, 1.82) is 0 Å². The molecule has 0 unspecified atom stereocenters. The van der Waals surface area contributed by atoms with Gasteiger partial charge in [0.15, 0.2) is 11.5 Å². The largest absolute Gasteiger partial charge is 0.486 e. The molecule has 0 aromatic heterocycles. The van der Waals surface area contributed by atoms with E-state index in [2.05, 4.69) is 5.32 Å². The summed E-state index contributed by atoms with van der Waals surface area (Å²) in [6, 6.07) is 3.77. The maximum Gasteiger partial charge on any atom is 0.251 e. The normalized spacial score (nSPS) is 14.1. The fourth-order valence-corrected chi connectivity index (χ4v) is 1.81. The molecule has 0 radical (unpaired) electrons. The first-order valence-corrected chi connectivity index (χ1v) is 6.28. The van der Waals surface area contributed by atoms with E-state index in [0.29, 0.717) is 25.5 Å². The molecule has 1 amide bonds. The van der Waals surface area contributed by atoms with Crippen LogP contribution in [-0.2, 0) is 11.3 Å². The highest BCUT2D eigenvalue weighted by molar-refractivity contribution is 5.83. The van der Waals surface area contributed by atoms with Gasteiger partial charge in [-0.3, -0.25) is 4.79 Å².